The summed E-state index contributed by atoms with van der Waals surface area (Å²) in [6.45, 7) is 8.82. The fraction of sp³-hybridized carbons (Fsp3) is 0.846. The molecule has 0 aromatic heterocycles. The van der Waals surface area contributed by atoms with E-state index in [9.17, 15) is 9.59 Å². The number of urea groups is 1. The third kappa shape index (κ3) is 3.62. The van der Waals surface area contributed by atoms with Crippen molar-refractivity contribution >= 4 is 12.0 Å². The first-order valence-electron chi connectivity index (χ1n) is 6.54. The third-order valence-corrected chi connectivity index (χ3v) is 3.72. The molecule has 0 aromatic carbocycles. The van der Waals surface area contributed by atoms with Crippen LogP contribution in [0.2, 0.25) is 0 Å². The molecule has 0 radical (unpaired) electrons. The molecule has 1 aliphatic rings. The average Bonchev–Trinajstić information content (AvgIpc) is 2.28. The van der Waals surface area contributed by atoms with E-state index in [-0.39, 0.29) is 6.03 Å². The minimum Gasteiger partial charge on any atom is -0.480 e. The molecule has 0 spiro atoms. The first kappa shape index (κ1) is 14.8. The maximum atomic E-state index is 11.9. The second-order valence-electron chi connectivity index (χ2n) is 5.93. The predicted molar refractivity (Wildman–Crippen MR) is 69.4 cm³/mol. The zero-order chi connectivity index (χ0) is 13.9. The van der Waals surface area contributed by atoms with Gasteiger partial charge in [0, 0.05) is 13.1 Å². The zero-order valence-electron chi connectivity index (χ0n) is 11.7. The molecular formula is C13H24N2O3. The Morgan fingerprint density at radius 2 is 1.78 bits per heavy atom. The van der Waals surface area contributed by atoms with Gasteiger partial charge in [0.25, 0.3) is 0 Å². The van der Waals surface area contributed by atoms with Crippen molar-refractivity contribution in [3.63, 3.8) is 0 Å². The number of carboxylic acid groups (broad SMARTS) is 1. The van der Waals surface area contributed by atoms with Crippen LogP contribution < -0.4 is 5.32 Å². The van der Waals surface area contributed by atoms with Crippen molar-refractivity contribution in [3.05, 3.63) is 0 Å². The van der Waals surface area contributed by atoms with E-state index >= 15 is 0 Å². The van der Waals surface area contributed by atoms with E-state index in [4.69, 9.17) is 5.11 Å². The van der Waals surface area contributed by atoms with Gasteiger partial charge in [-0.15, -0.1) is 0 Å². The molecule has 1 saturated heterocycles. The molecule has 0 unspecified atom stereocenters. The highest BCUT2D eigenvalue weighted by molar-refractivity contribution is 5.85. The highest BCUT2D eigenvalue weighted by Gasteiger charge is 2.32. The Bertz CT molecular complexity index is 318. The highest BCUT2D eigenvalue weighted by atomic mass is 16.4. The minimum atomic E-state index is -1.22. The Morgan fingerprint density at radius 1 is 1.28 bits per heavy atom. The Hall–Kier alpha value is -1.26. The van der Waals surface area contributed by atoms with E-state index in [1.807, 2.05) is 0 Å². The summed E-state index contributed by atoms with van der Waals surface area (Å²) in [7, 11) is 0. The van der Waals surface area contributed by atoms with Crippen molar-refractivity contribution in [2.75, 3.05) is 13.1 Å². The van der Waals surface area contributed by atoms with Gasteiger partial charge in [-0.1, -0.05) is 13.8 Å². The number of amides is 2. The van der Waals surface area contributed by atoms with Crippen LogP contribution in [0.5, 0.6) is 0 Å². The molecule has 0 saturated carbocycles. The number of carbonyl (C=O) groups is 2. The van der Waals surface area contributed by atoms with Crippen molar-refractivity contribution in [2.45, 2.75) is 46.1 Å². The molecule has 0 aliphatic carbocycles. The summed E-state index contributed by atoms with van der Waals surface area (Å²) in [6.07, 6.45) is 2.00. The van der Waals surface area contributed by atoms with Crippen LogP contribution in [0, 0.1) is 11.8 Å². The molecule has 1 fully saturated rings. The van der Waals surface area contributed by atoms with Gasteiger partial charge in [0.1, 0.15) is 5.54 Å². The monoisotopic (exact) mass is 256 g/mol. The SMILES string of the molecule is CC(C)C1CCN(C(=O)NC(C)(C)C(=O)O)CC1. The van der Waals surface area contributed by atoms with Crippen molar-refractivity contribution in [1.29, 1.82) is 0 Å². The Labute approximate surface area is 109 Å². The first-order chi connectivity index (χ1) is 8.24. The second kappa shape index (κ2) is 5.59. The standard InChI is InChI=1S/C13H24N2O3/c1-9(2)10-5-7-15(8-6-10)12(18)14-13(3,4)11(16)17/h9-10H,5-8H2,1-4H3,(H,14,18)(H,16,17). The molecule has 18 heavy (non-hydrogen) atoms. The number of nitrogens with one attached hydrogen (secondary N) is 1. The number of carbonyl (C=O) groups excluding carboxylic acids is 1. The summed E-state index contributed by atoms with van der Waals surface area (Å²) in [5.41, 5.74) is -1.22. The summed E-state index contributed by atoms with van der Waals surface area (Å²) in [6, 6.07) is -0.274. The van der Waals surface area contributed by atoms with Crippen molar-refractivity contribution in [3.8, 4) is 0 Å². The maximum absolute atomic E-state index is 11.9. The van der Waals surface area contributed by atoms with Gasteiger partial charge in [0.2, 0.25) is 0 Å². The minimum absolute atomic E-state index is 0.274. The van der Waals surface area contributed by atoms with Crippen LogP contribution in [-0.2, 0) is 4.79 Å². The lowest BCUT2D eigenvalue weighted by Crippen LogP contribution is -2.55. The van der Waals surface area contributed by atoms with Crippen LogP contribution in [0.4, 0.5) is 4.79 Å². The summed E-state index contributed by atoms with van der Waals surface area (Å²) >= 11 is 0. The van der Waals surface area contributed by atoms with Crippen molar-refractivity contribution < 1.29 is 14.7 Å². The van der Waals surface area contributed by atoms with Crippen LogP contribution in [0.1, 0.15) is 40.5 Å². The van der Waals surface area contributed by atoms with Gasteiger partial charge >= 0.3 is 12.0 Å². The van der Waals surface area contributed by atoms with E-state index in [0.717, 1.165) is 12.8 Å². The van der Waals surface area contributed by atoms with E-state index in [2.05, 4.69) is 19.2 Å². The molecule has 1 rings (SSSR count). The third-order valence-electron chi connectivity index (χ3n) is 3.72. The van der Waals surface area contributed by atoms with Gasteiger partial charge in [-0.3, -0.25) is 0 Å². The largest absolute Gasteiger partial charge is 0.480 e. The summed E-state index contributed by atoms with van der Waals surface area (Å²) in [5.74, 6) is 0.292. The Kier molecular flexibility index (Phi) is 4.59. The van der Waals surface area contributed by atoms with Crippen molar-refractivity contribution in [1.82, 2.24) is 10.2 Å². The Morgan fingerprint density at radius 3 is 2.17 bits per heavy atom. The lowest BCUT2D eigenvalue weighted by Gasteiger charge is -2.35. The van der Waals surface area contributed by atoms with Crippen LogP contribution in [-0.4, -0.2) is 40.6 Å². The van der Waals surface area contributed by atoms with Crippen molar-refractivity contribution in [2.24, 2.45) is 11.8 Å². The number of likely N-dealkylation sites (tertiary alicyclic amines) is 1. The molecule has 2 amide bonds. The summed E-state index contributed by atoms with van der Waals surface area (Å²) < 4.78 is 0. The molecule has 104 valence electrons. The van der Waals surface area contributed by atoms with Gasteiger partial charge in [0.15, 0.2) is 0 Å². The van der Waals surface area contributed by atoms with E-state index in [1.54, 1.807) is 4.90 Å². The topological polar surface area (TPSA) is 69.6 Å². The van der Waals surface area contributed by atoms with Gasteiger partial charge < -0.3 is 15.3 Å². The number of carboxylic acids is 1. The molecule has 2 N–H and O–H groups in total. The second-order valence-corrected chi connectivity index (χ2v) is 5.93. The van der Waals surface area contributed by atoms with E-state index < -0.39 is 11.5 Å². The highest BCUT2D eigenvalue weighted by Crippen LogP contribution is 2.24. The summed E-state index contributed by atoms with van der Waals surface area (Å²) in [5, 5.41) is 11.5. The molecule has 5 heteroatoms. The lowest BCUT2D eigenvalue weighted by molar-refractivity contribution is -0.143. The van der Waals surface area contributed by atoms with Gasteiger partial charge in [-0.2, -0.15) is 0 Å². The number of aliphatic carboxylic acids is 1. The van der Waals surface area contributed by atoms with Crippen LogP contribution in [0.3, 0.4) is 0 Å². The number of hydrogen-bond acceptors (Lipinski definition) is 2. The quantitative estimate of drug-likeness (QED) is 0.810. The van der Waals surface area contributed by atoms with E-state index in [0.29, 0.717) is 24.9 Å². The van der Waals surface area contributed by atoms with Gasteiger partial charge in [-0.25, -0.2) is 9.59 Å². The lowest BCUT2D eigenvalue weighted by atomic mass is 9.87. The number of rotatable bonds is 3. The average molecular weight is 256 g/mol. The molecule has 0 bridgehead atoms. The maximum Gasteiger partial charge on any atom is 0.328 e. The summed E-state index contributed by atoms with van der Waals surface area (Å²) in [4.78, 5) is 24.6. The smallest absolute Gasteiger partial charge is 0.328 e. The van der Waals surface area contributed by atoms with Gasteiger partial charge in [0.05, 0.1) is 0 Å². The molecule has 1 aliphatic heterocycles. The van der Waals surface area contributed by atoms with E-state index in [1.165, 1.54) is 13.8 Å². The molecule has 1 heterocycles. The number of piperidine rings is 1. The normalized spacial score (nSPS) is 17.9. The first-order valence-corrected chi connectivity index (χ1v) is 6.54. The predicted octanol–water partition coefficient (Wildman–Crippen LogP) is 1.93. The van der Waals surface area contributed by atoms with Crippen LogP contribution >= 0.6 is 0 Å². The van der Waals surface area contributed by atoms with Crippen LogP contribution in [0.15, 0.2) is 0 Å². The molecular weight excluding hydrogens is 232 g/mol. The van der Waals surface area contributed by atoms with Crippen LogP contribution in [0.25, 0.3) is 0 Å². The fourth-order valence-corrected chi connectivity index (χ4v) is 2.17. The zero-order valence-corrected chi connectivity index (χ0v) is 11.7. The number of nitrogens with zero attached hydrogens (tertiary/aromatic N) is 1. The Balaban J connectivity index is 2.48. The fourth-order valence-electron chi connectivity index (χ4n) is 2.17. The number of hydrogen-bond donors (Lipinski definition) is 2. The molecule has 0 atom stereocenters. The van der Waals surface area contributed by atoms with Gasteiger partial charge in [-0.05, 0) is 38.5 Å². The molecule has 5 nitrogen and oxygen atoms in total. The molecule has 0 aromatic rings.